The van der Waals surface area contributed by atoms with E-state index in [2.05, 4.69) is 48.3 Å². The number of hydrogen-bond acceptors (Lipinski definition) is 5. The van der Waals surface area contributed by atoms with Crippen LogP contribution in [0.2, 0.25) is 0 Å². The Kier molecular flexibility index (Phi) is 3.61. The fourth-order valence-corrected chi connectivity index (χ4v) is 7.70. The van der Waals surface area contributed by atoms with E-state index in [1.165, 1.54) is 42.1 Å². The van der Waals surface area contributed by atoms with Crippen LogP contribution in [-0.2, 0) is 0 Å². The molecule has 0 spiro atoms. The fourth-order valence-electron chi connectivity index (χ4n) is 4.63. The first-order valence-electron chi connectivity index (χ1n) is 9.57. The standard InChI is InChI=1S/C25H13N3S2/c1-13(10-11-26)18-14-6-2-3-7-15(14)19-22(18)29-25-20-16-8-4-5-9-17(16)21(28-12-27)23(20)30-24(19)25/h2-9H,10H2,1H3/b18-13+,28-21+. The van der Waals surface area contributed by atoms with Crippen LogP contribution in [-0.4, -0.2) is 5.71 Å². The Morgan fingerprint density at radius 2 is 1.40 bits per heavy atom. The summed E-state index contributed by atoms with van der Waals surface area (Å²) < 4.78 is 2.51. The molecule has 2 aliphatic carbocycles. The van der Waals surface area contributed by atoms with Crippen LogP contribution in [0.25, 0.3) is 37.2 Å². The van der Waals surface area contributed by atoms with Gasteiger partial charge in [0.05, 0.1) is 26.8 Å². The van der Waals surface area contributed by atoms with Gasteiger partial charge in [-0.15, -0.1) is 22.7 Å². The molecule has 0 fully saturated rings. The van der Waals surface area contributed by atoms with Gasteiger partial charge >= 0.3 is 0 Å². The summed E-state index contributed by atoms with van der Waals surface area (Å²) in [6.07, 6.45) is 2.42. The Labute approximate surface area is 181 Å². The number of thiophene rings is 2. The molecule has 2 aromatic heterocycles. The summed E-state index contributed by atoms with van der Waals surface area (Å²) in [5, 5.41) is 18.6. The van der Waals surface area contributed by atoms with Gasteiger partial charge in [-0.25, -0.2) is 0 Å². The summed E-state index contributed by atoms with van der Waals surface area (Å²) in [5.74, 6) is 0. The normalized spacial score (nSPS) is 16.0. The maximum atomic E-state index is 9.29. The van der Waals surface area contributed by atoms with E-state index in [1.807, 2.05) is 24.4 Å². The highest BCUT2D eigenvalue weighted by Gasteiger charge is 2.36. The Bertz CT molecular complexity index is 1550. The molecule has 4 aromatic rings. The molecule has 2 aromatic carbocycles. The van der Waals surface area contributed by atoms with Crippen LogP contribution in [0, 0.1) is 22.8 Å². The zero-order valence-corrected chi connectivity index (χ0v) is 17.6. The maximum Gasteiger partial charge on any atom is 0.206 e. The van der Waals surface area contributed by atoms with Crippen molar-refractivity contribution in [2.24, 2.45) is 4.99 Å². The summed E-state index contributed by atoms with van der Waals surface area (Å²) in [7, 11) is 0. The number of rotatable bonds is 1. The van der Waals surface area contributed by atoms with Gasteiger partial charge in [0.2, 0.25) is 6.19 Å². The second kappa shape index (κ2) is 6.24. The second-order valence-electron chi connectivity index (χ2n) is 7.41. The molecule has 30 heavy (non-hydrogen) atoms. The largest absolute Gasteiger partial charge is 0.206 e. The van der Waals surface area contributed by atoms with Crippen LogP contribution in [0.1, 0.15) is 34.2 Å². The van der Waals surface area contributed by atoms with Gasteiger partial charge in [0.1, 0.15) is 5.71 Å². The van der Waals surface area contributed by atoms with E-state index in [4.69, 9.17) is 0 Å². The summed E-state index contributed by atoms with van der Waals surface area (Å²) in [6, 6.07) is 19.0. The van der Waals surface area contributed by atoms with Gasteiger partial charge in [0, 0.05) is 27.1 Å². The number of nitriles is 2. The van der Waals surface area contributed by atoms with E-state index in [9.17, 15) is 10.5 Å². The molecule has 0 radical (unpaired) electrons. The molecule has 0 saturated carbocycles. The van der Waals surface area contributed by atoms with Gasteiger partial charge in [-0.05, 0) is 29.2 Å². The maximum absolute atomic E-state index is 9.29. The lowest BCUT2D eigenvalue weighted by Crippen LogP contribution is -1.94. The first kappa shape index (κ1) is 17.4. The first-order chi connectivity index (χ1) is 14.7. The van der Waals surface area contributed by atoms with Crippen LogP contribution >= 0.6 is 22.7 Å². The quantitative estimate of drug-likeness (QED) is 0.270. The molecule has 0 amide bonds. The summed E-state index contributed by atoms with van der Waals surface area (Å²) >= 11 is 3.54. The van der Waals surface area contributed by atoms with Crippen LogP contribution < -0.4 is 0 Å². The Morgan fingerprint density at radius 1 is 0.833 bits per heavy atom. The van der Waals surface area contributed by atoms with Crippen molar-refractivity contribution in [3.63, 3.8) is 0 Å². The first-order valence-corrected chi connectivity index (χ1v) is 11.2. The van der Waals surface area contributed by atoms with Crippen molar-refractivity contribution in [2.45, 2.75) is 13.3 Å². The van der Waals surface area contributed by atoms with Crippen LogP contribution in [0.5, 0.6) is 0 Å². The number of nitrogens with zero attached hydrogens (tertiary/aromatic N) is 3. The molecule has 0 aliphatic heterocycles. The third-order valence-electron chi connectivity index (χ3n) is 5.81. The van der Waals surface area contributed by atoms with E-state index in [-0.39, 0.29) is 0 Å². The minimum atomic E-state index is 0.425. The van der Waals surface area contributed by atoms with E-state index in [0.29, 0.717) is 6.42 Å². The van der Waals surface area contributed by atoms with E-state index in [0.717, 1.165) is 27.3 Å². The Balaban J connectivity index is 1.73. The molecule has 0 bridgehead atoms. The van der Waals surface area contributed by atoms with E-state index >= 15 is 0 Å². The average Bonchev–Trinajstić information content (AvgIpc) is 3.44. The SMILES string of the molecule is C/C(CC#N)=C1/c2ccccc2-c2c1sc1c3c(sc21)/C(=N/C#N)c1ccccc1-3. The number of benzene rings is 2. The van der Waals surface area contributed by atoms with Crippen LogP contribution in [0.3, 0.4) is 0 Å². The van der Waals surface area contributed by atoms with Gasteiger partial charge < -0.3 is 0 Å². The minimum absolute atomic E-state index is 0.425. The molecular weight excluding hydrogens is 406 g/mol. The van der Waals surface area contributed by atoms with Crippen molar-refractivity contribution in [3.8, 4) is 34.5 Å². The molecule has 140 valence electrons. The predicted octanol–water partition coefficient (Wildman–Crippen LogP) is 6.98. The minimum Gasteiger partial charge on any atom is -0.198 e. The molecule has 2 aliphatic rings. The second-order valence-corrected chi connectivity index (χ2v) is 9.45. The molecule has 3 nitrogen and oxygen atoms in total. The monoisotopic (exact) mass is 419 g/mol. The molecule has 2 heterocycles. The lowest BCUT2D eigenvalue weighted by atomic mass is 10.0. The smallest absolute Gasteiger partial charge is 0.198 e. The van der Waals surface area contributed by atoms with Gasteiger partial charge in [0.25, 0.3) is 0 Å². The third-order valence-corrected chi connectivity index (χ3v) is 8.38. The van der Waals surface area contributed by atoms with Gasteiger partial charge in [-0.3, -0.25) is 0 Å². The van der Waals surface area contributed by atoms with Gasteiger partial charge in [-0.2, -0.15) is 15.5 Å². The van der Waals surface area contributed by atoms with Crippen LogP contribution in [0.4, 0.5) is 0 Å². The van der Waals surface area contributed by atoms with E-state index < -0.39 is 0 Å². The topological polar surface area (TPSA) is 59.9 Å². The zero-order chi connectivity index (χ0) is 20.4. The van der Waals surface area contributed by atoms with Crippen molar-refractivity contribution >= 4 is 43.4 Å². The third kappa shape index (κ3) is 2.09. The zero-order valence-electron chi connectivity index (χ0n) is 16.0. The molecule has 0 atom stereocenters. The molecule has 6 rings (SSSR count). The molecule has 5 heteroatoms. The van der Waals surface area contributed by atoms with Crippen molar-refractivity contribution in [1.82, 2.24) is 0 Å². The van der Waals surface area contributed by atoms with Crippen molar-refractivity contribution in [3.05, 3.63) is 75.0 Å². The molecule has 0 N–H and O–H groups in total. The molecular formula is C25H13N3S2. The predicted molar refractivity (Wildman–Crippen MR) is 124 cm³/mol. The van der Waals surface area contributed by atoms with E-state index in [1.54, 1.807) is 22.7 Å². The van der Waals surface area contributed by atoms with Gasteiger partial charge in [-0.1, -0.05) is 48.5 Å². The highest BCUT2D eigenvalue weighted by atomic mass is 32.1. The lowest BCUT2D eigenvalue weighted by molar-refractivity contribution is 1.22. The number of hydrogen-bond donors (Lipinski definition) is 0. The summed E-state index contributed by atoms with van der Waals surface area (Å²) in [5.41, 5.74) is 10.2. The van der Waals surface area contributed by atoms with Crippen molar-refractivity contribution in [2.75, 3.05) is 0 Å². The number of aliphatic imine (C=N–C) groups is 1. The number of allylic oxidation sites excluding steroid dienone is 1. The lowest BCUT2D eigenvalue weighted by Gasteiger charge is -2.05. The molecule has 0 unspecified atom stereocenters. The number of fused-ring (bicyclic) bond motifs is 9. The Hall–Kier alpha value is -3.51. The highest BCUT2D eigenvalue weighted by molar-refractivity contribution is 7.31. The fraction of sp³-hybridized carbons (Fsp3) is 0.0800. The van der Waals surface area contributed by atoms with Crippen molar-refractivity contribution in [1.29, 1.82) is 10.5 Å². The molecule has 0 saturated heterocycles. The highest BCUT2D eigenvalue weighted by Crippen LogP contribution is 2.59. The average molecular weight is 420 g/mol. The van der Waals surface area contributed by atoms with Crippen LogP contribution in [0.15, 0.2) is 59.1 Å². The summed E-state index contributed by atoms with van der Waals surface area (Å²) in [6.45, 7) is 2.07. The Morgan fingerprint density at radius 3 is 2.07 bits per heavy atom. The van der Waals surface area contributed by atoms with Crippen molar-refractivity contribution < 1.29 is 0 Å². The van der Waals surface area contributed by atoms with Gasteiger partial charge in [0.15, 0.2) is 0 Å². The summed E-state index contributed by atoms with van der Waals surface area (Å²) in [4.78, 5) is 6.53.